The normalized spacial score (nSPS) is 10.6. The summed E-state index contributed by atoms with van der Waals surface area (Å²) in [4.78, 5) is 27.9. The van der Waals surface area contributed by atoms with Gasteiger partial charge in [0.25, 0.3) is 5.91 Å². The maximum Gasteiger partial charge on any atom is 0.257 e. The number of benzene rings is 3. The van der Waals surface area contributed by atoms with Gasteiger partial charge in [0, 0.05) is 23.0 Å². The van der Waals surface area contributed by atoms with Gasteiger partial charge < -0.3 is 15.0 Å². The molecule has 0 radical (unpaired) electrons. The summed E-state index contributed by atoms with van der Waals surface area (Å²) in [5.41, 5.74) is 9.13. The molecule has 1 heterocycles. The largest absolute Gasteiger partial charge is 0.495 e. The third kappa shape index (κ3) is 5.35. The number of amides is 2. The highest BCUT2D eigenvalue weighted by Gasteiger charge is 2.15. The van der Waals surface area contributed by atoms with E-state index in [9.17, 15) is 14.0 Å². The molecule has 34 heavy (non-hydrogen) atoms. The van der Waals surface area contributed by atoms with Crippen molar-refractivity contribution < 1.29 is 18.7 Å². The summed E-state index contributed by atoms with van der Waals surface area (Å²) in [6.45, 7) is -0.0299. The molecule has 2 amide bonds. The Kier molecular flexibility index (Phi) is 7.07. The molecule has 0 fully saturated rings. The number of aryl methyl sites for hydroxylation is 1. The highest BCUT2D eigenvalue weighted by atomic mass is 19.1. The lowest BCUT2D eigenvalue weighted by atomic mass is 10.0. The number of hydrogen-bond acceptors (Lipinski definition) is 4. The van der Waals surface area contributed by atoms with Crippen molar-refractivity contribution in [3.05, 3.63) is 84.2 Å². The average Bonchev–Trinajstić information content (AvgIpc) is 3.24. The van der Waals surface area contributed by atoms with Gasteiger partial charge in [-0.1, -0.05) is 30.3 Å². The van der Waals surface area contributed by atoms with Crippen LogP contribution >= 0.6 is 0 Å². The van der Waals surface area contributed by atoms with Crippen LogP contribution in [-0.4, -0.2) is 30.5 Å². The standard InChI is InChI=1S/C26H25FN4O3/c1-34-23-9-5-4-8-22(23)28-16-25(33)31-30-24(32)15-14-20-19-6-2-3-7-21(19)29-26(20)17-10-12-18(27)13-11-17/h2-13,28-29H,14-16H2,1H3,(H,30,32)(H,31,33). The molecular formula is C26H25FN4O3. The Labute approximate surface area is 196 Å². The van der Waals surface area contributed by atoms with Crippen LogP contribution in [0.5, 0.6) is 5.75 Å². The van der Waals surface area contributed by atoms with Gasteiger partial charge in [0.05, 0.1) is 19.3 Å². The van der Waals surface area contributed by atoms with Gasteiger partial charge in [-0.25, -0.2) is 4.39 Å². The van der Waals surface area contributed by atoms with Crippen molar-refractivity contribution in [2.45, 2.75) is 12.8 Å². The lowest BCUT2D eigenvalue weighted by Gasteiger charge is -2.12. The lowest BCUT2D eigenvalue weighted by Crippen LogP contribution is -2.44. The van der Waals surface area contributed by atoms with E-state index in [0.717, 1.165) is 27.7 Å². The Balaban J connectivity index is 1.35. The second kappa shape index (κ2) is 10.5. The number of hydrogen-bond donors (Lipinski definition) is 4. The predicted octanol–water partition coefficient (Wildman–Crippen LogP) is 4.17. The summed E-state index contributed by atoms with van der Waals surface area (Å²) in [6, 6.07) is 21.3. The van der Waals surface area contributed by atoms with E-state index in [2.05, 4.69) is 21.2 Å². The summed E-state index contributed by atoms with van der Waals surface area (Å²) in [7, 11) is 1.55. The van der Waals surface area contributed by atoms with Gasteiger partial charge in [-0.05, 0) is 60.0 Å². The van der Waals surface area contributed by atoms with Gasteiger partial charge in [0.1, 0.15) is 11.6 Å². The molecule has 0 saturated heterocycles. The Morgan fingerprint density at radius 3 is 2.41 bits per heavy atom. The Morgan fingerprint density at radius 2 is 1.62 bits per heavy atom. The van der Waals surface area contributed by atoms with E-state index in [1.54, 1.807) is 31.4 Å². The van der Waals surface area contributed by atoms with Gasteiger partial charge in [0.2, 0.25) is 5.91 Å². The number of hydrazine groups is 1. The number of H-pyrrole nitrogens is 1. The summed E-state index contributed by atoms with van der Waals surface area (Å²) >= 11 is 0. The van der Waals surface area contributed by atoms with Gasteiger partial charge in [0.15, 0.2) is 0 Å². The maximum absolute atomic E-state index is 13.4. The molecule has 0 aliphatic carbocycles. The molecule has 7 nitrogen and oxygen atoms in total. The van der Waals surface area contributed by atoms with Crippen LogP contribution in [0, 0.1) is 5.82 Å². The zero-order valence-electron chi connectivity index (χ0n) is 18.7. The fourth-order valence-corrected chi connectivity index (χ4v) is 3.77. The number of fused-ring (bicyclic) bond motifs is 1. The summed E-state index contributed by atoms with van der Waals surface area (Å²) in [5, 5.41) is 3.97. The molecule has 0 spiro atoms. The number of rotatable bonds is 8. The number of nitrogens with one attached hydrogen (secondary N) is 4. The Bertz CT molecular complexity index is 1300. The van der Waals surface area contributed by atoms with Gasteiger partial charge in [-0.2, -0.15) is 0 Å². The monoisotopic (exact) mass is 460 g/mol. The van der Waals surface area contributed by atoms with Gasteiger partial charge >= 0.3 is 0 Å². The summed E-state index contributed by atoms with van der Waals surface area (Å²) in [6.07, 6.45) is 0.605. The molecule has 4 rings (SSSR count). The molecule has 0 saturated carbocycles. The van der Waals surface area contributed by atoms with Crippen LogP contribution in [-0.2, 0) is 16.0 Å². The van der Waals surface area contributed by atoms with E-state index in [-0.39, 0.29) is 24.7 Å². The van der Waals surface area contributed by atoms with Crippen molar-refractivity contribution in [3.8, 4) is 17.0 Å². The third-order valence-corrected chi connectivity index (χ3v) is 5.44. The van der Waals surface area contributed by atoms with Crippen molar-refractivity contribution >= 4 is 28.4 Å². The average molecular weight is 461 g/mol. The topological polar surface area (TPSA) is 95.2 Å². The fraction of sp³-hybridized carbons (Fsp3) is 0.154. The number of aromatic amines is 1. The first-order valence-corrected chi connectivity index (χ1v) is 10.8. The van der Waals surface area contributed by atoms with E-state index >= 15 is 0 Å². The van der Waals surface area contributed by atoms with Crippen LogP contribution in [0.4, 0.5) is 10.1 Å². The summed E-state index contributed by atoms with van der Waals surface area (Å²) in [5.74, 6) is -0.397. The second-order valence-corrected chi connectivity index (χ2v) is 7.68. The van der Waals surface area contributed by atoms with Crippen LogP contribution in [0.3, 0.4) is 0 Å². The molecule has 174 valence electrons. The van der Waals surface area contributed by atoms with E-state index < -0.39 is 5.91 Å². The number of halogens is 1. The highest BCUT2D eigenvalue weighted by Crippen LogP contribution is 2.31. The number of ether oxygens (including phenoxy) is 1. The molecule has 0 atom stereocenters. The third-order valence-electron chi connectivity index (χ3n) is 5.44. The smallest absolute Gasteiger partial charge is 0.257 e. The quantitative estimate of drug-likeness (QED) is 0.297. The van der Waals surface area contributed by atoms with Crippen molar-refractivity contribution in [3.63, 3.8) is 0 Å². The Morgan fingerprint density at radius 1 is 0.912 bits per heavy atom. The van der Waals surface area contributed by atoms with Crippen LogP contribution in [0.15, 0.2) is 72.8 Å². The molecule has 0 aliphatic rings. The molecule has 0 unspecified atom stereocenters. The van der Waals surface area contributed by atoms with Crippen molar-refractivity contribution in [1.29, 1.82) is 0 Å². The number of carbonyl (C=O) groups is 2. The molecular weight excluding hydrogens is 435 g/mol. The van der Waals surface area contributed by atoms with E-state index in [1.807, 2.05) is 36.4 Å². The first kappa shape index (κ1) is 22.8. The van der Waals surface area contributed by atoms with Crippen LogP contribution < -0.4 is 20.9 Å². The van der Waals surface area contributed by atoms with E-state index in [1.165, 1.54) is 12.1 Å². The number of methoxy groups -OCH3 is 1. The van der Waals surface area contributed by atoms with Crippen LogP contribution in [0.2, 0.25) is 0 Å². The highest BCUT2D eigenvalue weighted by molar-refractivity contribution is 5.91. The molecule has 0 bridgehead atoms. The predicted molar refractivity (Wildman–Crippen MR) is 130 cm³/mol. The first-order valence-electron chi connectivity index (χ1n) is 10.8. The molecule has 3 aromatic carbocycles. The molecule has 1 aromatic heterocycles. The number of carbonyl (C=O) groups excluding carboxylic acids is 2. The minimum atomic E-state index is -0.390. The number of anilines is 1. The molecule has 4 N–H and O–H groups in total. The van der Waals surface area contributed by atoms with Crippen LogP contribution in [0.25, 0.3) is 22.2 Å². The zero-order chi connectivity index (χ0) is 23.9. The molecule has 8 heteroatoms. The van der Waals surface area contributed by atoms with Crippen LogP contribution in [0.1, 0.15) is 12.0 Å². The SMILES string of the molecule is COc1ccccc1NCC(=O)NNC(=O)CCc1c(-c2ccc(F)cc2)[nH]c2ccccc12. The first-order chi connectivity index (χ1) is 16.5. The Hall–Kier alpha value is -4.33. The lowest BCUT2D eigenvalue weighted by molar-refractivity contribution is -0.128. The molecule has 4 aromatic rings. The zero-order valence-corrected chi connectivity index (χ0v) is 18.7. The molecule has 0 aliphatic heterocycles. The van der Waals surface area contributed by atoms with Crippen molar-refractivity contribution in [2.75, 3.05) is 19.0 Å². The fourth-order valence-electron chi connectivity index (χ4n) is 3.77. The number of aromatic nitrogens is 1. The van der Waals surface area contributed by atoms with E-state index in [4.69, 9.17) is 4.74 Å². The minimum Gasteiger partial charge on any atom is -0.495 e. The number of para-hydroxylation sites is 3. The minimum absolute atomic E-state index is 0.0299. The van der Waals surface area contributed by atoms with E-state index in [0.29, 0.717) is 17.9 Å². The summed E-state index contributed by atoms with van der Waals surface area (Å²) < 4.78 is 18.6. The van der Waals surface area contributed by atoms with Gasteiger partial charge in [-0.15, -0.1) is 0 Å². The second-order valence-electron chi connectivity index (χ2n) is 7.68. The van der Waals surface area contributed by atoms with Crippen molar-refractivity contribution in [2.24, 2.45) is 0 Å². The van der Waals surface area contributed by atoms with Gasteiger partial charge in [-0.3, -0.25) is 20.4 Å². The van der Waals surface area contributed by atoms with Crippen molar-refractivity contribution in [1.82, 2.24) is 15.8 Å². The maximum atomic E-state index is 13.4.